The zero-order chi connectivity index (χ0) is 28.2. The standard InChI is InChI=1S/C30H37N5O4.H2/c1-18-24-14-22(30(24,2)3)15-25(18)32-17-27(36)33-23-12-8-20(9-13-23)5-4-19-6-10-21(11-7-19)28(37)34-26(16-31)29(38)35-39;/h6-13,18,22,24-26,32,39H,14-17,31H2,1-3H3,(H,33,36)(H,34,37)(H,35,38);1H/t18-,22?,24-,25-,26-;/m0./s1. The SMILES string of the molecule is C[C@@H]1[C@@H](NCC(=O)Nc2ccc(C#Cc3ccc(C(=O)N[C@@H](CN)C(=O)NO)cc3)cc2)CC2C[C@@H]1C2(C)C.[HH]. The molecule has 0 aliphatic heterocycles. The van der Waals surface area contributed by atoms with Gasteiger partial charge in [0.2, 0.25) is 5.91 Å². The number of carbonyl (C=O) groups is 3. The van der Waals surface area contributed by atoms with Crippen molar-refractivity contribution in [1.29, 1.82) is 0 Å². The second-order valence-electron chi connectivity index (χ2n) is 11.1. The fourth-order valence-electron chi connectivity index (χ4n) is 5.89. The highest BCUT2D eigenvalue weighted by Crippen LogP contribution is 2.61. The zero-order valence-electron chi connectivity index (χ0n) is 22.6. The average Bonchev–Trinajstić information content (AvgIpc) is 2.94. The summed E-state index contributed by atoms with van der Waals surface area (Å²) >= 11 is 0. The number of benzene rings is 2. The Balaban J connectivity index is 0.00000441. The van der Waals surface area contributed by atoms with Gasteiger partial charge >= 0.3 is 0 Å². The summed E-state index contributed by atoms with van der Waals surface area (Å²) in [5.74, 6) is 6.84. The molecular weight excluding hydrogens is 494 g/mol. The molecule has 2 bridgehead atoms. The molecule has 3 amide bonds. The second kappa shape index (κ2) is 12.0. The van der Waals surface area contributed by atoms with Gasteiger partial charge in [0.1, 0.15) is 6.04 Å². The summed E-state index contributed by atoms with van der Waals surface area (Å²) in [7, 11) is 0. The van der Waals surface area contributed by atoms with E-state index in [1.165, 1.54) is 11.9 Å². The van der Waals surface area contributed by atoms with E-state index < -0.39 is 17.9 Å². The van der Waals surface area contributed by atoms with Crippen LogP contribution in [-0.4, -0.2) is 48.1 Å². The molecule has 3 fully saturated rings. The molecule has 2 aromatic carbocycles. The Kier molecular flexibility index (Phi) is 8.70. The van der Waals surface area contributed by atoms with Crippen molar-refractivity contribution in [2.75, 3.05) is 18.4 Å². The normalized spacial score (nSPS) is 23.3. The van der Waals surface area contributed by atoms with Crippen LogP contribution in [0.25, 0.3) is 0 Å². The highest BCUT2D eigenvalue weighted by Gasteiger charge is 2.56. The molecule has 39 heavy (non-hydrogen) atoms. The number of fused-ring (bicyclic) bond motifs is 2. The summed E-state index contributed by atoms with van der Waals surface area (Å²) in [5.41, 5.74) is 9.90. The van der Waals surface area contributed by atoms with Crippen LogP contribution in [0, 0.1) is 35.0 Å². The number of carbonyl (C=O) groups excluding carboxylic acids is 3. The van der Waals surface area contributed by atoms with Crippen LogP contribution >= 0.6 is 0 Å². The Morgan fingerprint density at radius 1 is 1.05 bits per heavy atom. The second-order valence-corrected chi connectivity index (χ2v) is 11.1. The lowest BCUT2D eigenvalue weighted by Gasteiger charge is -2.62. The number of anilines is 1. The number of hydroxylamine groups is 1. The summed E-state index contributed by atoms with van der Waals surface area (Å²) in [6, 6.07) is 13.3. The molecule has 2 aromatic rings. The number of hydrogen-bond donors (Lipinski definition) is 6. The fourth-order valence-corrected chi connectivity index (χ4v) is 5.89. The first kappa shape index (κ1) is 28.3. The summed E-state index contributed by atoms with van der Waals surface area (Å²) < 4.78 is 0. The van der Waals surface area contributed by atoms with Crippen LogP contribution in [0.4, 0.5) is 5.69 Å². The predicted molar refractivity (Wildman–Crippen MR) is 151 cm³/mol. The molecular formula is C30H39N5O4. The first-order chi connectivity index (χ1) is 18.6. The molecule has 9 nitrogen and oxygen atoms in total. The maximum atomic E-state index is 12.5. The molecule has 3 aliphatic carbocycles. The highest BCUT2D eigenvalue weighted by molar-refractivity contribution is 5.97. The van der Waals surface area contributed by atoms with Crippen LogP contribution in [0.15, 0.2) is 48.5 Å². The van der Waals surface area contributed by atoms with E-state index in [1.54, 1.807) is 24.3 Å². The van der Waals surface area contributed by atoms with Gasteiger partial charge < -0.3 is 21.7 Å². The Morgan fingerprint density at radius 3 is 2.21 bits per heavy atom. The van der Waals surface area contributed by atoms with Crippen molar-refractivity contribution in [2.24, 2.45) is 28.9 Å². The third-order valence-electron chi connectivity index (χ3n) is 8.51. The lowest BCUT2D eigenvalue weighted by Crippen LogP contribution is -2.60. The van der Waals surface area contributed by atoms with E-state index in [-0.39, 0.29) is 13.9 Å². The lowest BCUT2D eigenvalue weighted by atomic mass is 9.45. The van der Waals surface area contributed by atoms with Gasteiger partial charge in [0.05, 0.1) is 6.54 Å². The molecule has 7 N–H and O–H groups in total. The minimum absolute atomic E-state index is 0. The number of nitrogens with two attached hydrogens (primary N) is 1. The van der Waals surface area contributed by atoms with Crippen LogP contribution in [0.3, 0.4) is 0 Å². The molecule has 3 saturated carbocycles. The summed E-state index contributed by atoms with van der Waals surface area (Å²) in [4.78, 5) is 36.3. The number of nitrogens with one attached hydrogen (secondary N) is 4. The van der Waals surface area contributed by atoms with Crippen molar-refractivity contribution < 1.29 is 21.0 Å². The Morgan fingerprint density at radius 2 is 1.67 bits per heavy atom. The number of rotatable bonds is 8. The number of hydrogen-bond acceptors (Lipinski definition) is 6. The van der Waals surface area contributed by atoms with Gasteiger partial charge in [0.15, 0.2) is 0 Å². The molecule has 9 heteroatoms. The molecule has 0 saturated heterocycles. The molecule has 1 unspecified atom stereocenters. The van der Waals surface area contributed by atoms with E-state index in [2.05, 4.69) is 48.6 Å². The van der Waals surface area contributed by atoms with Crippen molar-refractivity contribution in [2.45, 2.75) is 45.7 Å². The van der Waals surface area contributed by atoms with Gasteiger partial charge in [-0.2, -0.15) is 0 Å². The molecule has 0 radical (unpaired) electrons. The van der Waals surface area contributed by atoms with Crippen LogP contribution in [0.2, 0.25) is 0 Å². The molecule has 0 spiro atoms. The smallest absolute Gasteiger partial charge is 0.267 e. The average molecular weight is 534 g/mol. The third-order valence-corrected chi connectivity index (χ3v) is 8.51. The maximum Gasteiger partial charge on any atom is 0.267 e. The Labute approximate surface area is 230 Å². The van der Waals surface area contributed by atoms with Gasteiger partial charge in [-0.1, -0.05) is 32.6 Å². The van der Waals surface area contributed by atoms with Gasteiger partial charge in [-0.15, -0.1) is 0 Å². The van der Waals surface area contributed by atoms with Gasteiger partial charge in [-0.25, -0.2) is 5.48 Å². The summed E-state index contributed by atoms with van der Waals surface area (Å²) in [6.45, 7) is 7.20. The monoisotopic (exact) mass is 533 g/mol. The van der Waals surface area contributed by atoms with Gasteiger partial charge in [0.25, 0.3) is 11.8 Å². The van der Waals surface area contributed by atoms with Crippen molar-refractivity contribution in [3.8, 4) is 11.8 Å². The van der Waals surface area contributed by atoms with Gasteiger partial charge in [0, 0.05) is 36.4 Å². The van der Waals surface area contributed by atoms with Crippen molar-refractivity contribution in [1.82, 2.24) is 16.1 Å². The predicted octanol–water partition coefficient (Wildman–Crippen LogP) is 2.49. The fraction of sp³-hybridized carbons (Fsp3) is 0.433. The molecule has 5 rings (SSSR count). The summed E-state index contributed by atoms with van der Waals surface area (Å²) in [5, 5.41) is 17.6. The van der Waals surface area contributed by atoms with Gasteiger partial charge in [-0.3, -0.25) is 19.6 Å². The summed E-state index contributed by atoms with van der Waals surface area (Å²) in [6.07, 6.45) is 2.46. The van der Waals surface area contributed by atoms with Crippen LogP contribution in [0.5, 0.6) is 0 Å². The Hall–Kier alpha value is -3.71. The third kappa shape index (κ3) is 6.48. The molecule has 0 heterocycles. The largest absolute Gasteiger partial charge is 0.339 e. The minimum Gasteiger partial charge on any atom is -0.339 e. The lowest BCUT2D eigenvalue weighted by molar-refractivity contribution is -0.130. The highest BCUT2D eigenvalue weighted by atomic mass is 16.5. The zero-order valence-corrected chi connectivity index (χ0v) is 22.6. The van der Waals surface area contributed by atoms with Crippen molar-refractivity contribution >= 4 is 23.4 Å². The van der Waals surface area contributed by atoms with Crippen LogP contribution < -0.4 is 27.2 Å². The minimum atomic E-state index is -1.04. The molecule has 208 valence electrons. The van der Waals surface area contributed by atoms with E-state index >= 15 is 0 Å². The first-order valence-corrected chi connectivity index (χ1v) is 13.3. The quantitative estimate of drug-likeness (QED) is 0.175. The van der Waals surface area contributed by atoms with E-state index in [1.807, 2.05) is 24.3 Å². The van der Waals surface area contributed by atoms with Crippen LogP contribution in [0.1, 0.15) is 56.5 Å². The molecule has 3 aliphatic rings. The van der Waals surface area contributed by atoms with E-state index in [4.69, 9.17) is 10.9 Å². The first-order valence-electron chi connectivity index (χ1n) is 13.3. The van der Waals surface area contributed by atoms with Crippen LogP contribution in [-0.2, 0) is 9.59 Å². The molecule has 5 atom stereocenters. The van der Waals surface area contributed by atoms with Crippen molar-refractivity contribution in [3.63, 3.8) is 0 Å². The molecule has 0 aromatic heterocycles. The van der Waals surface area contributed by atoms with E-state index in [0.717, 1.165) is 23.8 Å². The maximum absolute atomic E-state index is 12.5. The topological polar surface area (TPSA) is 146 Å². The van der Waals surface area contributed by atoms with Crippen molar-refractivity contribution in [3.05, 3.63) is 65.2 Å². The Bertz CT molecular complexity index is 1270. The number of amides is 3. The van der Waals surface area contributed by atoms with Gasteiger partial charge in [-0.05, 0) is 84.5 Å². The van der Waals surface area contributed by atoms with E-state index in [0.29, 0.717) is 40.7 Å². The van der Waals surface area contributed by atoms with E-state index in [9.17, 15) is 14.4 Å².